The van der Waals surface area contributed by atoms with E-state index in [9.17, 15) is 14.9 Å². The lowest BCUT2D eigenvalue weighted by Crippen LogP contribution is -2.27. The minimum atomic E-state index is -0.615. The lowest BCUT2D eigenvalue weighted by molar-refractivity contribution is -0.387. The molecule has 4 rings (SSSR count). The SMILES string of the molecule is CC(C)(C)OC(=O)Nc1ccc2c(Sc3ccccc3[N+](=O)[O-])cn(Cc3cncnc3)c2c1. The van der Waals surface area contributed by atoms with Crippen LogP contribution < -0.4 is 5.32 Å². The number of hydrogen-bond donors (Lipinski definition) is 1. The van der Waals surface area contributed by atoms with Gasteiger partial charge in [-0.2, -0.15) is 0 Å². The Labute approximate surface area is 200 Å². The fourth-order valence-electron chi connectivity index (χ4n) is 3.39. The Morgan fingerprint density at radius 1 is 1.15 bits per heavy atom. The third-order valence-electron chi connectivity index (χ3n) is 4.74. The quantitative estimate of drug-likeness (QED) is 0.272. The third kappa shape index (κ3) is 5.52. The fourth-order valence-corrected chi connectivity index (χ4v) is 4.48. The van der Waals surface area contributed by atoms with Gasteiger partial charge in [0.05, 0.1) is 21.9 Å². The summed E-state index contributed by atoms with van der Waals surface area (Å²) in [4.78, 5) is 32.9. The summed E-state index contributed by atoms with van der Waals surface area (Å²) in [6.45, 7) is 5.89. The highest BCUT2D eigenvalue weighted by Gasteiger charge is 2.19. The first-order chi connectivity index (χ1) is 16.2. The smallest absolute Gasteiger partial charge is 0.412 e. The predicted molar refractivity (Wildman–Crippen MR) is 130 cm³/mol. The molecule has 174 valence electrons. The van der Waals surface area contributed by atoms with Crippen molar-refractivity contribution in [3.63, 3.8) is 0 Å². The fraction of sp³-hybridized carbons (Fsp3) is 0.208. The van der Waals surface area contributed by atoms with E-state index >= 15 is 0 Å². The average molecular weight is 478 g/mol. The van der Waals surface area contributed by atoms with Gasteiger partial charge in [-0.3, -0.25) is 15.4 Å². The molecule has 0 aliphatic carbocycles. The largest absolute Gasteiger partial charge is 0.444 e. The van der Waals surface area contributed by atoms with Crippen LogP contribution in [0.4, 0.5) is 16.2 Å². The Hall–Kier alpha value is -3.92. The summed E-state index contributed by atoms with van der Waals surface area (Å²) < 4.78 is 7.36. The number of carbonyl (C=O) groups is 1. The Morgan fingerprint density at radius 2 is 1.88 bits per heavy atom. The molecule has 0 saturated carbocycles. The maximum Gasteiger partial charge on any atom is 0.412 e. The highest BCUT2D eigenvalue weighted by molar-refractivity contribution is 7.99. The molecule has 0 aliphatic heterocycles. The number of nitrogens with one attached hydrogen (secondary N) is 1. The number of nitro groups is 1. The van der Waals surface area contributed by atoms with Crippen molar-refractivity contribution in [3.8, 4) is 0 Å². The van der Waals surface area contributed by atoms with Crippen LogP contribution >= 0.6 is 11.8 Å². The zero-order valence-corrected chi connectivity index (χ0v) is 19.7. The number of carbonyl (C=O) groups excluding carboxylic acids is 1. The van der Waals surface area contributed by atoms with Crippen LogP contribution in [0.5, 0.6) is 0 Å². The zero-order valence-electron chi connectivity index (χ0n) is 18.9. The average Bonchev–Trinajstić information content (AvgIpc) is 3.09. The van der Waals surface area contributed by atoms with E-state index in [1.54, 1.807) is 57.4 Å². The molecule has 1 N–H and O–H groups in total. The number of nitrogens with zero attached hydrogens (tertiary/aromatic N) is 4. The summed E-state index contributed by atoms with van der Waals surface area (Å²) in [7, 11) is 0. The molecule has 2 heterocycles. The number of rotatable bonds is 6. The number of aromatic nitrogens is 3. The number of amides is 1. The maximum atomic E-state index is 12.3. The van der Waals surface area contributed by atoms with Gasteiger partial charge in [0, 0.05) is 46.2 Å². The normalized spacial score (nSPS) is 11.4. The van der Waals surface area contributed by atoms with Gasteiger partial charge in [0.15, 0.2) is 0 Å². The van der Waals surface area contributed by atoms with Crippen molar-refractivity contribution in [1.29, 1.82) is 0 Å². The van der Waals surface area contributed by atoms with Crippen LogP contribution in [0.25, 0.3) is 10.9 Å². The number of benzene rings is 2. The molecule has 10 heteroatoms. The first-order valence-electron chi connectivity index (χ1n) is 10.5. The summed E-state index contributed by atoms with van der Waals surface area (Å²) in [6, 6.07) is 12.2. The second-order valence-corrected chi connectivity index (χ2v) is 9.64. The third-order valence-corrected chi connectivity index (χ3v) is 5.85. The van der Waals surface area contributed by atoms with Crippen LogP contribution in [0.2, 0.25) is 0 Å². The number of nitro benzene ring substituents is 1. The van der Waals surface area contributed by atoms with E-state index in [4.69, 9.17) is 4.74 Å². The Morgan fingerprint density at radius 3 is 2.59 bits per heavy atom. The summed E-state index contributed by atoms with van der Waals surface area (Å²) >= 11 is 1.33. The van der Waals surface area contributed by atoms with Gasteiger partial charge in [-0.1, -0.05) is 23.9 Å². The lowest BCUT2D eigenvalue weighted by atomic mass is 10.2. The molecule has 1 amide bonds. The van der Waals surface area contributed by atoms with Crippen LogP contribution in [0, 0.1) is 10.1 Å². The zero-order chi connectivity index (χ0) is 24.3. The standard InChI is InChI=1S/C24H23N5O4S/c1-24(2,3)33-23(30)27-17-8-9-18-20(10-17)28(13-16-11-25-15-26-12-16)14-22(18)34-21-7-5-4-6-19(21)29(31)32/h4-12,14-15H,13H2,1-3H3,(H,27,30). The van der Waals surface area contributed by atoms with Gasteiger partial charge in [0.1, 0.15) is 11.9 Å². The summed E-state index contributed by atoms with van der Waals surface area (Å²) in [5, 5.41) is 15.2. The molecule has 0 spiro atoms. The lowest BCUT2D eigenvalue weighted by Gasteiger charge is -2.19. The van der Waals surface area contributed by atoms with Gasteiger partial charge in [0.25, 0.3) is 5.69 Å². The van der Waals surface area contributed by atoms with E-state index in [1.165, 1.54) is 24.2 Å². The second kappa shape index (κ2) is 9.52. The molecule has 9 nitrogen and oxygen atoms in total. The molecular formula is C24H23N5O4S. The van der Waals surface area contributed by atoms with E-state index < -0.39 is 11.7 Å². The summed E-state index contributed by atoms with van der Waals surface area (Å²) in [5.74, 6) is 0. The predicted octanol–water partition coefficient (Wildman–Crippen LogP) is 5.89. The van der Waals surface area contributed by atoms with Crippen LogP contribution in [0.1, 0.15) is 26.3 Å². The molecule has 34 heavy (non-hydrogen) atoms. The number of fused-ring (bicyclic) bond motifs is 1. The van der Waals surface area contributed by atoms with Crippen molar-refractivity contribution in [2.75, 3.05) is 5.32 Å². The van der Waals surface area contributed by atoms with E-state index in [0.717, 1.165) is 21.4 Å². The topological polar surface area (TPSA) is 112 Å². The van der Waals surface area contributed by atoms with E-state index in [2.05, 4.69) is 15.3 Å². The second-order valence-electron chi connectivity index (χ2n) is 8.55. The molecule has 0 bridgehead atoms. The van der Waals surface area contributed by atoms with Crippen molar-refractivity contribution in [1.82, 2.24) is 14.5 Å². The van der Waals surface area contributed by atoms with Crippen molar-refractivity contribution >= 4 is 40.1 Å². The summed E-state index contributed by atoms with van der Waals surface area (Å²) in [6.07, 6.45) is 6.33. The van der Waals surface area contributed by atoms with Gasteiger partial charge in [0.2, 0.25) is 0 Å². The van der Waals surface area contributed by atoms with E-state index in [1.807, 2.05) is 22.9 Å². The summed E-state index contributed by atoms with van der Waals surface area (Å²) in [5.41, 5.74) is 1.75. The Bertz CT molecular complexity index is 1350. The van der Waals surface area contributed by atoms with Crippen molar-refractivity contribution in [2.24, 2.45) is 0 Å². The first kappa shape index (κ1) is 23.2. The molecule has 0 unspecified atom stereocenters. The van der Waals surface area contributed by atoms with Crippen LogP contribution in [0.3, 0.4) is 0 Å². The molecule has 0 aliphatic rings. The van der Waals surface area contributed by atoms with Gasteiger partial charge in [-0.05, 0) is 45.0 Å². The number of ether oxygens (including phenoxy) is 1. The van der Waals surface area contributed by atoms with Crippen LogP contribution in [-0.4, -0.2) is 31.2 Å². The van der Waals surface area contributed by atoms with Crippen molar-refractivity contribution < 1.29 is 14.5 Å². The van der Waals surface area contributed by atoms with Crippen LogP contribution in [0.15, 0.2) is 77.2 Å². The van der Waals surface area contributed by atoms with Gasteiger partial charge in [-0.25, -0.2) is 14.8 Å². The molecule has 0 atom stereocenters. The van der Waals surface area contributed by atoms with Gasteiger partial charge >= 0.3 is 6.09 Å². The number of anilines is 1. The van der Waals surface area contributed by atoms with E-state index in [0.29, 0.717) is 17.1 Å². The molecule has 0 fully saturated rings. The molecule has 2 aromatic heterocycles. The molecule has 0 saturated heterocycles. The number of hydrogen-bond acceptors (Lipinski definition) is 7. The molecule has 2 aromatic carbocycles. The minimum Gasteiger partial charge on any atom is -0.444 e. The molecule has 0 radical (unpaired) electrons. The van der Waals surface area contributed by atoms with Crippen LogP contribution in [-0.2, 0) is 11.3 Å². The molecule has 4 aromatic rings. The maximum absolute atomic E-state index is 12.3. The van der Waals surface area contributed by atoms with E-state index in [-0.39, 0.29) is 10.6 Å². The van der Waals surface area contributed by atoms with Crippen molar-refractivity contribution in [3.05, 3.63) is 83.1 Å². The Balaban J connectivity index is 1.73. The highest BCUT2D eigenvalue weighted by Crippen LogP contribution is 2.40. The highest BCUT2D eigenvalue weighted by atomic mass is 32.2. The van der Waals surface area contributed by atoms with Gasteiger partial charge in [-0.15, -0.1) is 0 Å². The number of para-hydroxylation sites is 1. The van der Waals surface area contributed by atoms with Crippen molar-refractivity contribution in [2.45, 2.75) is 42.7 Å². The first-order valence-corrected chi connectivity index (χ1v) is 11.3. The minimum absolute atomic E-state index is 0.0491. The Kier molecular flexibility index (Phi) is 6.51. The monoisotopic (exact) mass is 477 g/mol. The molecular weight excluding hydrogens is 454 g/mol. The van der Waals surface area contributed by atoms with Gasteiger partial charge < -0.3 is 9.30 Å².